The first-order valence-corrected chi connectivity index (χ1v) is 9.49. The zero-order chi connectivity index (χ0) is 17.4. The first-order chi connectivity index (χ1) is 11.2. The van der Waals surface area contributed by atoms with Crippen LogP contribution in [0.2, 0.25) is 0 Å². The first kappa shape index (κ1) is 16.7. The van der Waals surface area contributed by atoms with Gasteiger partial charge in [-0.25, -0.2) is 0 Å². The van der Waals surface area contributed by atoms with Gasteiger partial charge in [0.05, 0.1) is 18.3 Å². The molecule has 0 spiro atoms. The second kappa shape index (κ2) is 5.15. The predicted octanol–water partition coefficient (Wildman–Crippen LogP) is 2.07. The summed E-state index contributed by atoms with van der Waals surface area (Å²) in [4.78, 5) is 12.0. The number of fused-ring (bicyclic) bond motifs is 5. The van der Waals surface area contributed by atoms with E-state index in [4.69, 9.17) is 0 Å². The summed E-state index contributed by atoms with van der Waals surface area (Å²) in [5, 5.41) is 32.3. The average Bonchev–Trinajstić information content (AvgIpc) is 2.82. The Morgan fingerprint density at radius 1 is 1.04 bits per heavy atom. The molecule has 0 bridgehead atoms. The van der Waals surface area contributed by atoms with Crippen molar-refractivity contribution in [3.8, 4) is 0 Å². The van der Waals surface area contributed by atoms with Gasteiger partial charge >= 0.3 is 0 Å². The van der Waals surface area contributed by atoms with E-state index in [1.54, 1.807) is 6.08 Å². The Balaban J connectivity index is 1.80. The third kappa shape index (κ3) is 1.88. The highest BCUT2D eigenvalue weighted by molar-refractivity contribution is 5.92. The second-order valence-corrected chi connectivity index (χ2v) is 9.29. The monoisotopic (exact) mass is 334 g/mol. The number of carbonyl (C=O) groups is 1. The van der Waals surface area contributed by atoms with Crippen LogP contribution in [-0.2, 0) is 4.79 Å². The van der Waals surface area contributed by atoms with Crippen LogP contribution in [0.1, 0.15) is 52.9 Å². The van der Waals surface area contributed by atoms with E-state index in [-0.39, 0.29) is 29.0 Å². The summed E-state index contributed by atoms with van der Waals surface area (Å²) in [6, 6.07) is 0. The molecule has 0 amide bonds. The van der Waals surface area contributed by atoms with Crippen LogP contribution < -0.4 is 0 Å². The molecule has 0 aliphatic heterocycles. The van der Waals surface area contributed by atoms with Crippen LogP contribution in [0.15, 0.2) is 11.6 Å². The Bertz CT molecular complexity index is 598. The van der Waals surface area contributed by atoms with E-state index < -0.39 is 23.7 Å². The van der Waals surface area contributed by atoms with Crippen molar-refractivity contribution in [2.45, 2.75) is 71.2 Å². The summed E-state index contributed by atoms with van der Waals surface area (Å²) in [6.45, 7) is 6.34. The Morgan fingerprint density at radius 3 is 2.46 bits per heavy atom. The molecule has 0 aromatic rings. The molecule has 3 fully saturated rings. The van der Waals surface area contributed by atoms with Crippen LogP contribution in [0.3, 0.4) is 0 Å². The number of hydrogen-bond donors (Lipinski definition) is 3. The fraction of sp³-hybridized carbons (Fsp3) is 0.850. The molecule has 3 unspecified atom stereocenters. The lowest BCUT2D eigenvalue weighted by atomic mass is 9.44. The van der Waals surface area contributed by atoms with E-state index in [1.165, 1.54) is 0 Å². The Labute approximate surface area is 144 Å². The lowest BCUT2D eigenvalue weighted by Gasteiger charge is -2.61. The summed E-state index contributed by atoms with van der Waals surface area (Å²) in [5.74, 6) is 1.12. The zero-order valence-electron chi connectivity index (χ0n) is 14.9. The van der Waals surface area contributed by atoms with E-state index in [2.05, 4.69) is 13.8 Å². The lowest BCUT2D eigenvalue weighted by molar-refractivity contribution is -0.166. The minimum atomic E-state index is -0.569. The van der Waals surface area contributed by atoms with Gasteiger partial charge in [-0.1, -0.05) is 20.8 Å². The van der Waals surface area contributed by atoms with Crippen molar-refractivity contribution in [2.75, 3.05) is 0 Å². The van der Waals surface area contributed by atoms with E-state index in [0.717, 1.165) is 18.4 Å². The van der Waals surface area contributed by atoms with Gasteiger partial charge in [0.2, 0.25) is 0 Å². The molecule has 24 heavy (non-hydrogen) atoms. The molecule has 4 aliphatic carbocycles. The molecule has 0 aromatic heterocycles. The smallest absolute Gasteiger partial charge is 0.156 e. The maximum atomic E-state index is 12.0. The summed E-state index contributed by atoms with van der Waals surface area (Å²) in [6.07, 6.45) is 3.65. The van der Waals surface area contributed by atoms with Crippen molar-refractivity contribution < 1.29 is 20.1 Å². The molecule has 4 heteroatoms. The summed E-state index contributed by atoms with van der Waals surface area (Å²) in [7, 11) is 0. The van der Waals surface area contributed by atoms with Crippen molar-refractivity contribution in [3.63, 3.8) is 0 Å². The van der Waals surface area contributed by atoms with Crippen molar-refractivity contribution in [2.24, 2.45) is 34.5 Å². The molecule has 4 rings (SSSR count). The third-order valence-electron chi connectivity index (χ3n) is 8.59. The number of rotatable bonds is 0. The van der Waals surface area contributed by atoms with Crippen LogP contribution in [0, 0.1) is 34.5 Å². The topological polar surface area (TPSA) is 77.8 Å². The number of hydrogen-bond acceptors (Lipinski definition) is 4. The molecule has 134 valence electrons. The van der Waals surface area contributed by atoms with Gasteiger partial charge in [0.15, 0.2) is 5.78 Å². The molecular weight excluding hydrogens is 304 g/mol. The minimum Gasteiger partial charge on any atom is -0.392 e. The van der Waals surface area contributed by atoms with Crippen molar-refractivity contribution >= 4 is 5.78 Å². The van der Waals surface area contributed by atoms with Gasteiger partial charge in [-0.3, -0.25) is 4.79 Å². The molecular formula is C20H30O4. The van der Waals surface area contributed by atoms with E-state index in [0.29, 0.717) is 25.2 Å². The van der Waals surface area contributed by atoms with Crippen LogP contribution >= 0.6 is 0 Å². The fourth-order valence-corrected chi connectivity index (χ4v) is 6.92. The lowest BCUT2D eigenvalue weighted by Crippen LogP contribution is -2.60. The first-order valence-electron chi connectivity index (χ1n) is 9.49. The Hall–Kier alpha value is -0.710. The van der Waals surface area contributed by atoms with Crippen LogP contribution in [0.25, 0.3) is 0 Å². The number of aliphatic hydroxyl groups excluding tert-OH is 3. The summed E-state index contributed by atoms with van der Waals surface area (Å²) < 4.78 is 0. The Morgan fingerprint density at radius 2 is 1.75 bits per heavy atom. The molecule has 4 aliphatic rings. The van der Waals surface area contributed by atoms with Gasteiger partial charge in [0.25, 0.3) is 0 Å². The average molecular weight is 334 g/mol. The van der Waals surface area contributed by atoms with Crippen molar-refractivity contribution in [1.82, 2.24) is 0 Å². The molecule has 4 nitrogen and oxygen atoms in total. The molecule has 0 saturated heterocycles. The molecule has 0 heterocycles. The normalized spacial score (nSPS) is 57.0. The summed E-state index contributed by atoms with van der Waals surface area (Å²) >= 11 is 0. The summed E-state index contributed by atoms with van der Waals surface area (Å²) in [5.41, 5.74) is 0.208. The molecule has 3 saturated carbocycles. The standard InChI is InChI=1S/C20H30O4/c1-10-6-11(21)7-15-16(22)8-12-13-4-5-17(23)20(13,3)18(24)9-14(12)19(10,15)2/h7,10,12-14,16-18,22-24H,4-6,8-9H2,1-3H3/t10?,12-,13-,14-,16?,17-,18?,19+,20-/m0/s1. The molecule has 0 radical (unpaired) electrons. The maximum absolute atomic E-state index is 12.0. The zero-order valence-corrected chi connectivity index (χ0v) is 14.9. The van der Waals surface area contributed by atoms with Gasteiger partial charge in [0, 0.05) is 11.8 Å². The van der Waals surface area contributed by atoms with Crippen molar-refractivity contribution in [3.05, 3.63) is 11.6 Å². The van der Waals surface area contributed by atoms with Gasteiger partial charge in [-0.2, -0.15) is 0 Å². The number of aliphatic hydroxyl groups is 3. The second-order valence-electron chi connectivity index (χ2n) is 9.29. The predicted molar refractivity (Wildman–Crippen MR) is 90.0 cm³/mol. The van der Waals surface area contributed by atoms with Gasteiger partial charge < -0.3 is 15.3 Å². The third-order valence-corrected chi connectivity index (χ3v) is 8.59. The van der Waals surface area contributed by atoms with E-state index >= 15 is 0 Å². The number of carbonyl (C=O) groups excluding carboxylic acids is 1. The maximum Gasteiger partial charge on any atom is 0.156 e. The van der Waals surface area contributed by atoms with Gasteiger partial charge in [0.1, 0.15) is 0 Å². The largest absolute Gasteiger partial charge is 0.392 e. The highest BCUT2D eigenvalue weighted by Gasteiger charge is 2.64. The van der Waals surface area contributed by atoms with Gasteiger partial charge in [-0.15, -0.1) is 0 Å². The fourth-order valence-electron chi connectivity index (χ4n) is 6.92. The quantitative estimate of drug-likeness (QED) is 0.634. The molecule has 3 N–H and O–H groups in total. The van der Waals surface area contributed by atoms with Crippen LogP contribution in [-0.4, -0.2) is 39.4 Å². The molecule has 9 atom stereocenters. The Kier molecular flexibility index (Phi) is 3.59. The van der Waals surface area contributed by atoms with Crippen LogP contribution in [0.5, 0.6) is 0 Å². The van der Waals surface area contributed by atoms with Crippen LogP contribution in [0.4, 0.5) is 0 Å². The van der Waals surface area contributed by atoms with Crippen molar-refractivity contribution in [1.29, 1.82) is 0 Å². The van der Waals surface area contributed by atoms with E-state index in [9.17, 15) is 20.1 Å². The minimum absolute atomic E-state index is 0.116. The van der Waals surface area contributed by atoms with Gasteiger partial charge in [-0.05, 0) is 66.4 Å². The number of ketones is 1. The SMILES string of the molecule is CC1CC(=O)C=C2C(O)C[C@H]3[C@@H]4CC[C@H](O)[C@@]4(C)C(O)C[C@@H]3[C@]21C. The van der Waals surface area contributed by atoms with E-state index in [1.807, 2.05) is 6.92 Å². The highest BCUT2D eigenvalue weighted by Crippen LogP contribution is 2.66. The highest BCUT2D eigenvalue weighted by atomic mass is 16.3. The molecule has 0 aromatic carbocycles.